The van der Waals surface area contributed by atoms with E-state index in [4.69, 9.17) is 4.74 Å². The van der Waals surface area contributed by atoms with E-state index in [1.54, 1.807) is 0 Å². The molecular formula is C14H22O2. The second-order valence-corrected chi connectivity index (χ2v) is 5.57. The van der Waals surface area contributed by atoms with E-state index in [1.165, 1.54) is 12.8 Å². The van der Waals surface area contributed by atoms with Gasteiger partial charge < -0.3 is 4.74 Å². The van der Waals surface area contributed by atoms with Crippen LogP contribution in [0.4, 0.5) is 0 Å². The monoisotopic (exact) mass is 222 g/mol. The average Bonchev–Trinajstić information content (AvgIpc) is 2.17. The topological polar surface area (TPSA) is 26.3 Å². The molecule has 3 saturated carbocycles. The van der Waals surface area contributed by atoms with Gasteiger partial charge in [-0.05, 0) is 51.9 Å². The first-order valence-electron chi connectivity index (χ1n) is 6.46. The molecule has 90 valence electrons. The third-order valence-corrected chi connectivity index (χ3v) is 4.08. The molecule has 0 radical (unpaired) electrons. The van der Waals surface area contributed by atoms with E-state index in [0.717, 1.165) is 42.7 Å². The van der Waals surface area contributed by atoms with Crippen molar-refractivity contribution in [2.24, 2.45) is 5.92 Å². The zero-order chi connectivity index (χ0) is 11.8. The Labute approximate surface area is 98.1 Å². The van der Waals surface area contributed by atoms with Crippen LogP contribution in [0.5, 0.6) is 0 Å². The minimum Gasteiger partial charge on any atom is -0.456 e. The third kappa shape index (κ3) is 2.02. The van der Waals surface area contributed by atoms with Crippen LogP contribution >= 0.6 is 0 Å². The van der Waals surface area contributed by atoms with E-state index in [0.29, 0.717) is 0 Å². The van der Waals surface area contributed by atoms with Crippen LogP contribution in [0.25, 0.3) is 0 Å². The Morgan fingerprint density at radius 2 is 2.06 bits per heavy atom. The van der Waals surface area contributed by atoms with Gasteiger partial charge >= 0.3 is 5.97 Å². The molecule has 0 atom stereocenters. The molecule has 3 rings (SSSR count). The van der Waals surface area contributed by atoms with E-state index in [-0.39, 0.29) is 11.6 Å². The van der Waals surface area contributed by atoms with Gasteiger partial charge in [-0.25, -0.2) is 4.79 Å². The van der Waals surface area contributed by atoms with E-state index < -0.39 is 0 Å². The first-order valence-corrected chi connectivity index (χ1v) is 6.46. The van der Waals surface area contributed by atoms with Crippen LogP contribution in [0.2, 0.25) is 0 Å². The lowest BCUT2D eigenvalue weighted by Gasteiger charge is -2.51. The maximum absolute atomic E-state index is 12.0. The van der Waals surface area contributed by atoms with Crippen LogP contribution in [0, 0.1) is 5.92 Å². The highest BCUT2D eigenvalue weighted by atomic mass is 16.6. The Hall–Kier alpha value is -0.790. The van der Waals surface area contributed by atoms with Gasteiger partial charge in [0, 0.05) is 5.57 Å². The van der Waals surface area contributed by atoms with Crippen molar-refractivity contribution in [3.8, 4) is 0 Å². The molecule has 2 nitrogen and oxygen atoms in total. The Morgan fingerprint density at radius 1 is 1.38 bits per heavy atom. The zero-order valence-corrected chi connectivity index (χ0v) is 10.6. The first kappa shape index (κ1) is 11.7. The molecule has 3 fully saturated rings. The van der Waals surface area contributed by atoms with E-state index in [1.807, 2.05) is 20.8 Å². The second kappa shape index (κ2) is 4.23. The molecule has 0 aliphatic heterocycles. The summed E-state index contributed by atoms with van der Waals surface area (Å²) in [6.07, 6.45) is 6.64. The van der Waals surface area contributed by atoms with Crippen LogP contribution in [-0.2, 0) is 9.53 Å². The molecule has 3 aliphatic rings. The maximum Gasteiger partial charge on any atom is 0.334 e. The SMILES string of the molecule is CCC(C(=O)OC12CCCC(C1)C2)=C(C)C. The van der Waals surface area contributed by atoms with Crippen molar-refractivity contribution in [1.29, 1.82) is 0 Å². The standard InChI is InChI=1S/C14H22O2/c1-4-12(10(2)3)13(15)16-14-7-5-6-11(8-14)9-14/h11H,4-9H2,1-3H3. The molecule has 16 heavy (non-hydrogen) atoms. The van der Waals surface area contributed by atoms with Gasteiger partial charge in [-0.2, -0.15) is 0 Å². The molecule has 0 saturated heterocycles. The van der Waals surface area contributed by atoms with Gasteiger partial charge in [-0.3, -0.25) is 0 Å². The minimum atomic E-state index is -0.0735. The highest BCUT2D eigenvalue weighted by molar-refractivity contribution is 5.89. The molecule has 0 N–H and O–H groups in total. The molecule has 0 spiro atoms. The van der Waals surface area contributed by atoms with Gasteiger partial charge in [0.1, 0.15) is 5.60 Å². The number of hydrogen-bond donors (Lipinski definition) is 0. The molecule has 2 heteroatoms. The number of fused-ring (bicyclic) bond motifs is 2. The van der Waals surface area contributed by atoms with Gasteiger partial charge in [0.15, 0.2) is 0 Å². The Kier molecular flexibility index (Phi) is 3.09. The van der Waals surface area contributed by atoms with Crippen molar-refractivity contribution in [2.75, 3.05) is 0 Å². The third-order valence-electron chi connectivity index (χ3n) is 4.08. The van der Waals surface area contributed by atoms with Crippen molar-refractivity contribution in [3.05, 3.63) is 11.1 Å². The molecule has 0 aromatic heterocycles. The van der Waals surface area contributed by atoms with Gasteiger partial charge in [-0.15, -0.1) is 0 Å². The number of rotatable bonds is 3. The summed E-state index contributed by atoms with van der Waals surface area (Å²) in [5, 5.41) is 0. The van der Waals surface area contributed by atoms with Crippen molar-refractivity contribution >= 4 is 5.97 Å². The van der Waals surface area contributed by atoms with Gasteiger partial charge in [-0.1, -0.05) is 18.9 Å². The van der Waals surface area contributed by atoms with Crippen LogP contribution in [0.15, 0.2) is 11.1 Å². The van der Waals surface area contributed by atoms with Crippen LogP contribution in [0.1, 0.15) is 59.3 Å². The van der Waals surface area contributed by atoms with Crippen LogP contribution in [-0.4, -0.2) is 11.6 Å². The molecular weight excluding hydrogens is 200 g/mol. The number of carbonyl (C=O) groups is 1. The largest absolute Gasteiger partial charge is 0.456 e. The molecule has 2 bridgehead atoms. The summed E-state index contributed by atoms with van der Waals surface area (Å²) in [5.41, 5.74) is 1.88. The lowest BCUT2D eigenvalue weighted by Crippen LogP contribution is -2.50. The zero-order valence-electron chi connectivity index (χ0n) is 10.6. The average molecular weight is 222 g/mol. The summed E-state index contributed by atoms with van der Waals surface area (Å²) in [7, 11) is 0. The Balaban J connectivity index is 2.00. The normalized spacial score (nSPS) is 31.6. The van der Waals surface area contributed by atoms with Gasteiger partial charge in [0.2, 0.25) is 0 Å². The summed E-state index contributed by atoms with van der Waals surface area (Å²) in [4.78, 5) is 12.0. The number of ether oxygens (including phenoxy) is 1. The van der Waals surface area contributed by atoms with Crippen molar-refractivity contribution in [1.82, 2.24) is 0 Å². The quantitative estimate of drug-likeness (QED) is 0.538. The number of allylic oxidation sites excluding steroid dienone is 1. The lowest BCUT2D eigenvalue weighted by molar-refractivity contribution is -0.181. The molecule has 0 amide bonds. The van der Waals surface area contributed by atoms with Crippen LogP contribution in [0.3, 0.4) is 0 Å². The fraction of sp³-hybridized carbons (Fsp3) is 0.786. The van der Waals surface area contributed by atoms with E-state index in [9.17, 15) is 4.79 Å². The first-order chi connectivity index (χ1) is 7.56. The summed E-state index contributed by atoms with van der Waals surface area (Å²) >= 11 is 0. The molecule has 0 unspecified atom stereocenters. The molecule has 0 aromatic rings. The fourth-order valence-corrected chi connectivity index (χ4v) is 3.21. The van der Waals surface area contributed by atoms with Crippen molar-refractivity contribution in [2.45, 2.75) is 64.9 Å². The summed E-state index contributed by atoms with van der Waals surface area (Å²) in [5.74, 6) is 0.765. The summed E-state index contributed by atoms with van der Waals surface area (Å²) in [6.45, 7) is 6.00. The van der Waals surface area contributed by atoms with E-state index >= 15 is 0 Å². The molecule has 0 aromatic carbocycles. The molecule has 0 heterocycles. The number of carbonyl (C=O) groups excluding carboxylic acids is 1. The smallest absolute Gasteiger partial charge is 0.334 e. The summed E-state index contributed by atoms with van der Waals surface area (Å²) in [6, 6.07) is 0. The highest BCUT2D eigenvalue weighted by Gasteiger charge is 2.50. The Morgan fingerprint density at radius 3 is 2.50 bits per heavy atom. The molecule has 3 aliphatic carbocycles. The van der Waals surface area contributed by atoms with Gasteiger partial charge in [0.05, 0.1) is 0 Å². The number of esters is 1. The lowest BCUT2D eigenvalue weighted by atomic mass is 9.61. The number of hydrogen-bond acceptors (Lipinski definition) is 2. The van der Waals surface area contributed by atoms with Crippen LogP contribution < -0.4 is 0 Å². The fourth-order valence-electron chi connectivity index (χ4n) is 3.21. The second-order valence-electron chi connectivity index (χ2n) is 5.57. The predicted molar refractivity (Wildman–Crippen MR) is 64.1 cm³/mol. The minimum absolute atomic E-state index is 0.0668. The van der Waals surface area contributed by atoms with Crippen molar-refractivity contribution < 1.29 is 9.53 Å². The van der Waals surface area contributed by atoms with Gasteiger partial charge in [0.25, 0.3) is 0 Å². The highest BCUT2D eigenvalue weighted by Crippen LogP contribution is 2.51. The maximum atomic E-state index is 12.0. The summed E-state index contributed by atoms with van der Waals surface area (Å²) < 4.78 is 5.76. The predicted octanol–water partition coefficient (Wildman–Crippen LogP) is 3.61. The van der Waals surface area contributed by atoms with Crippen molar-refractivity contribution in [3.63, 3.8) is 0 Å². The van der Waals surface area contributed by atoms with E-state index in [2.05, 4.69) is 0 Å². The Bertz CT molecular complexity index is 312.